The first-order valence-electron chi connectivity index (χ1n) is 12.3. The van der Waals surface area contributed by atoms with Crippen molar-refractivity contribution < 1.29 is 24.0 Å². The molecule has 3 saturated carbocycles. The van der Waals surface area contributed by atoms with E-state index in [0.29, 0.717) is 23.3 Å². The summed E-state index contributed by atoms with van der Waals surface area (Å²) in [6.07, 6.45) is 2.66. The van der Waals surface area contributed by atoms with E-state index >= 15 is 0 Å². The number of carboxylic acids is 1. The molecule has 6 rings (SSSR count). The molecule has 1 saturated heterocycles. The Labute approximate surface area is 211 Å². The Morgan fingerprint density at radius 1 is 1.14 bits per heavy atom. The minimum atomic E-state index is -0.984. The van der Waals surface area contributed by atoms with Gasteiger partial charge in [-0.05, 0) is 78.8 Å². The van der Waals surface area contributed by atoms with Gasteiger partial charge in [0.25, 0.3) is 0 Å². The molecule has 3 aliphatic carbocycles. The van der Waals surface area contributed by atoms with E-state index in [9.17, 15) is 14.7 Å². The standard InChI is InChI=1S/C27H31BClNO5/c1-26(2)19-14-21(26)27(3)22(15-19)34-28(35-27)23(12-16-6-4-8-18(10-16)25(32)33)30-24(31)13-17-7-5-9-20(29)11-17/h4-11,19,21-23H,12-15H2,1-3H3,(H,30,31)(H,32,33). The molecule has 2 aromatic rings. The first-order valence-corrected chi connectivity index (χ1v) is 12.6. The molecule has 0 spiro atoms. The molecule has 2 bridgehead atoms. The average molecular weight is 496 g/mol. The van der Waals surface area contributed by atoms with Crippen LogP contribution in [0.4, 0.5) is 0 Å². The fraction of sp³-hybridized carbons (Fsp3) is 0.481. The van der Waals surface area contributed by atoms with E-state index in [1.165, 1.54) is 0 Å². The quantitative estimate of drug-likeness (QED) is 0.550. The van der Waals surface area contributed by atoms with E-state index in [4.69, 9.17) is 20.9 Å². The van der Waals surface area contributed by atoms with E-state index in [1.54, 1.807) is 30.3 Å². The maximum absolute atomic E-state index is 13.1. The predicted octanol–water partition coefficient (Wildman–Crippen LogP) is 4.58. The normalized spacial score (nSPS) is 29.1. The third-order valence-corrected chi connectivity index (χ3v) is 8.76. The number of carbonyl (C=O) groups is 2. The van der Waals surface area contributed by atoms with Crippen molar-refractivity contribution in [3.05, 3.63) is 70.2 Å². The van der Waals surface area contributed by atoms with Gasteiger partial charge in [-0.1, -0.05) is 49.7 Å². The SMILES string of the molecule is CC1(C)C2CC3OB(C(Cc4cccc(C(=O)O)c4)NC(=O)Cc4cccc(Cl)c4)OC3(C)C1C2. The molecule has 2 aromatic carbocycles. The van der Waals surface area contributed by atoms with Gasteiger partial charge in [-0.15, -0.1) is 0 Å². The highest BCUT2D eigenvalue weighted by Crippen LogP contribution is 2.65. The van der Waals surface area contributed by atoms with E-state index in [1.807, 2.05) is 18.2 Å². The molecule has 1 heterocycles. The zero-order valence-corrected chi connectivity index (χ0v) is 21.0. The largest absolute Gasteiger partial charge is 0.482 e. The second-order valence-corrected chi connectivity index (χ2v) is 11.5. The predicted molar refractivity (Wildman–Crippen MR) is 134 cm³/mol. The van der Waals surface area contributed by atoms with Gasteiger partial charge in [-0.2, -0.15) is 0 Å². The van der Waals surface area contributed by atoms with Gasteiger partial charge in [0.2, 0.25) is 5.91 Å². The first kappa shape index (κ1) is 24.4. The van der Waals surface area contributed by atoms with Gasteiger partial charge in [0, 0.05) is 5.02 Å². The van der Waals surface area contributed by atoms with Crippen LogP contribution in [0.15, 0.2) is 48.5 Å². The molecule has 0 aromatic heterocycles. The highest BCUT2D eigenvalue weighted by atomic mass is 35.5. The Morgan fingerprint density at radius 2 is 1.89 bits per heavy atom. The lowest BCUT2D eigenvalue weighted by molar-refractivity contribution is -0.199. The van der Waals surface area contributed by atoms with E-state index in [2.05, 4.69) is 26.1 Å². The number of carbonyl (C=O) groups excluding carboxylic acids is 1. The lowest BCUT2D eigenvalue weighted by atomic mass is 9.43. The van der Waals surface area contributed by atoms with Crippen LogP contribution in [0.1, 0.15) is 55.1 Å². The molecular weight excluding hydrogens is 465 g/mol. The van der Waals surface area contributed by atoms with Crippen molar-refractivity contribution in [3.8, 4) is 0 Å². The number of nitrogens with one attached hydrogen (secondary N) is 1. The fourth-order valence-corrected chi connectivity index (χ4v) is 6.67. The van der Waals surface area contributed by atoms with Crippen LogP contribution in [0.5, 0.6) is 0 Å². The Bertz CT molecular complexity index is 1160. The number of hydrogen-bond acceptors (Lipinski definition) is 4. The van der Waals surface area contributed by atoms with Crippen LogP contribution in [-0.4, -0.2) is 41.7 Å². The molecule has 6 nitrogen and oxygen atoms in total. The lowest BCUT2D eigenvalue weighted by Gasteiger charge is -2.64. The molecule has 1 amide bonds. The second-order valence-electron chi connectivity index (χ2n) is 11.0. The number of carboxylic acid groups (broad SMARTS) is 1. The molecule has 35 heavy (non-hydrogen) atoms. The van der Waals surface area contributed by atoms with E-state index in [0.717, 1.165) is 24.0 Å². The Balaban J connectivity index is 1.37. The summed E-state index contributed by atoms with van der Waals surface area (Å²) in [5, 5.41) is 13.1. The summed E-state index contributed by atoms with van der Waals surface area (Å²) in [5.41, 5.74) is 1.64. The summed E-state index contributed by atoms with van der Waals surface area (Å²) in [5.74, 6) is -0.586. The van der Waals surface area contributed by atoms with Crippen molar-refractivity contribution in [2.45, 2.75) is 64.1 Å². The summed E-state index contributed by atoms with van der Waals surface area (Å²) in [4.78, 5) is 24.6. The third-order valence-electron chi connectivity index (χ3n) is 8.53. The molecule has 184 valence electrons. The third kappa shape index (κ3) is 4.50. The van der Waals surface area contributed by atoms with Crippen molar-refractivity contribution in [1.82, 2.24) is 5.32 Å². The van der Waals surface area contributed by atoms with Crippen LogP contribution in [0.25, 0.3) is 0 Å². The van der Waals surface area contributed by atoms with Crippen molar-refractivity contribution >= 4 is 30.6 Å². The summed E-state index contributed by atoms with van der Waals surface area (Å²) in [6, 6.07) is 14.0. The van der Waals surface area contributed by atoms with Crippen LogP contribution in [0.2, 0.25) is 5.02 Å². The molecule has 0 radical (unpaired) electrons. The topological polar surface area (TPSA) is 84.9 Å². The lowest BCUT2D eigenvalue weighted by Crippen LogP contribution is -2.65. The van der Waals surface area contributed by atoms with Crippen LogP contribution in [-0.2, 0) is 26.9 Å². The van der Waals surface area contributed by atoms with Crippen molar-refractivity contribution in [1.29, 1.82) is 0 Å². The maximum Gasteiger partial charge on any atom is 0.482 e. The first-order chi connectivity index (χ1) is 16.6. The number of rotatable bonds is 7. The van der Waals surface area contributed by atoms with Crippen LogP contribution < -0.4 is 5.32 Å². The van der Waals surface area contributed by atoms with Crippen LogP contribution in [0.3, 0.4) is 0 Å². The van der Waals surface area contributed by atoms with Crippen molar-refractivity contribution in [2.24, 2.45) is 17.3 Å². The highest BCUT2D eigenvalue weighted by molar-refractivity contribution is 6.48. The number of amides is 1. The number of benzene rings is 2. The summed E-state index contributed by atoms with van der Waals surface area (Å²) in [6.45, 7) is 6.77. The van der Waals surface area contributed by atoms with Gasteiger partial charge >= 0.3 is 13.1 Å². The zero-order chi connectivity index (χ0) is 25.0. The molecule has 8 heteroatoms. The van der Waals surface area contributed by atoms with E-state index < -0.39 is 24.6 Å². The number of halogens is 1. The Morgan fingerprint density at radius 3 is 2.60 bits per heavy atom. The average Bonchev–Trinajstić information content (AvgIpc) is 3.16. The maximum atomic E-state index is 13.1. The Kier molecular flexibility index (Phi) is 6.23. The minimum Gasteiger partial charge on any atom is -0.478 e. The van der Waals surface area contributed by atoms with Gasteiger partial charge in [-0.3, -0.25) is 4.79 Å². The summed E-state index contributed by atoms with van der Waals surface area (Å²) >= 11 is 6.09. The fourth-order valence-electron chi connectivity index (χ4n) is 6.46. The van der Waals surface area contributed by atoms with Gasteiger partial charge < -0.3 is 19.7 Å². The van der Waals surface area contributed by atoms with Gasteiger partial charge in [0.1, 0.15) is 0 Å². The minimum absolute atomic E-state index is 0.0121. The van der Waals surface area contributed by atoms with Crippen molar-refractivity contribution in [2.75, 3.05) is 0 Å². The van der Waals surface area contributed by atoms with Gasteiger partial charge in [0.05, 0.1) is 29.6 Å². The molecule has 4 fully saturated rings. The van der Waals surface area contributed by atoms with Gasteiger partial charge in [0.15, 0.2) is 0 Å². The van der Waals surface area contributed by atoms with Crippen LogP contribution >= 0.6 is 11.6 Å². The number of aromatic carboxylic acids is 1. The monoisotopic (exact) mass is 495 g/mol. The molecule has 5 unspecified atom stereocenters. The molecule has 4 aliphatic rings. The summed E-state index contributed by atoms with van der Waals surface area (Å²) < 4.78 is 13.1. The zero-order valence-electron chi connectivity index (χ0n) is 20.3. The van der Waals surface area contributed by atoms with Gasteiger partial charge in [-0.25, -0.2) is 4.79 Å². The highest BCUT2D eigenvalue weighted by Gasteiger charge is 2.68. The molecule has 2 N–H and O–H groups in total. The second kappa shape index (κ2) is 8.95. The number of hydrogen-bond donors (Lipinski definition) is 2. The van der Waals surface area contributed by atoms with E-state index in [-0.39, 0.29) is 29.4 Å². The van der Waals surface area contributed by atoms with Crippen LogP contribution in [0, 0.1) is 17.3 Å². The smallest absolute Gasteiger partial charge is 0.478 e. The molecule has 1 aliphatic heterocycles. The Hall–Kier alpha value is -2.35. The molecule has 5 atom stereocenters. The molecular formula is C27H31BClNO5. The summed E-state index contributed by atoms with van der Waals surface area (Å²) in [7, 11) is -0.614. The van der Waals surface area contributed by atoms with Crippen molar-refractivity contribution in [3.63, 3.8) is 0 Å².